The third-order valence-corrected chi connectivity index (χ3v) is 4.95. The first-order valence-electron chi connectivity index (χ1n) is 9.44. The van der Waals surface area contributed by atoms with E-state index in [2.05, 4.69) is 14.9 Å². The maximum Gasteiger partial charge on any atom is 0.272 e. The van der Waals surface area contributed by atoms with Crippen LogP contribution in [0.2, 0.25) is 0 Å². The van der Waals surface area contributed by atoms with Crippen molar-refractivity contribution in [1.29, 1.82) is 5.41 Å². The summed E-state index contributed by atoms with van der Waals surface area (Å²) in [6, 6.07) is 5.84. The molecule has 1 fully saturated rings. The molecule has 1 amide bonds. The van der Waals surface area contributed by atoms with Gasteiger partial charge in [-0.3, -0.25) is 4.79 Å². The van der Waals surface area contributed by atoms with Gasteiger partial charge in [0.25, 0.3) is 5.91 Å². The van der Waals surface area contributed by atoms with Crippen LogP contribution in [0.3, 0.4) is 0 Å². The lowest BCUT2D eigenvalue weighted by Gasteiger charge is -2.32. The summed E-state index contributed by atoms with van der Waals surface area (Å²) in [5.74, 6) is 0.296. The molecule has 0 unspecified atom stereocenters. The van der Waals surface area contributed by atoms with E-state index < -0.39 is 0 Å². The molecule has 7 heteroatoms. The highest BCUT2D eigenvalue weighted by molar-refractivity contribution is 6.10. The van der Waals surface area contributed by atoms with Crippen molar-refractivity contribution in [2.24, 2.45) is 5.92 Å². The van der Waals surface area contributed by atoms with Gasteiger partial charge in [-0.15, -0.1) is 0 Å². The Morgan fingerprint density at radius 2 is 1.86 bits per heavy atom. The molecule has 0 saturated carbocycles. The molecule has 3 rings (SSSR count). The fourth-order valence-corrected chi connectivity index (χ4v) is 3.13. The Hall–Kier alpha value is -2.80. The Labute approximate surface area is 164 Å². The van der Waals surface area contributed by atoms with Crippen LogP contribution in [0, 0.1) is 17.1 Å². The fraction of sp³-hybridized carbons (Fsp3) is 0.381. The molecule has 1 saturated heterocycles. The third-order valence-electron chi connectivity index (χ3n) is 4.95. The van der Waals surface area contributed by atoms with Crippen molar-refractivity contribution in [2.75, 3.05) is 33.2 Å². The van der Waals surface area contributed by atoms with Crippen LogP contribution in [0.4, 0.5) is 4.39 Å². The SMILES string of the molecule is CC(C)/C(=C/C(=N)c1ccc(F)cc1)c1ncc(C(=O)N2CCN(C)CC2)[nH]1. The standard InChI is InChI=1S/C21H26FN5O/c1-14(2)17(12-18(23)15-4-6-16(22)7-5-15)20-24-13-19(25-20)21(28)27-10-8-26(3)9-11-27/h4-7,12-14,23H,8-11H2,1-3H3,(H,24,25)/b17-12-,23-18?. The molecule has 0 atom stereocenters. The van der Waals surface area contributed by atoms with Gasteiger partial charge >= 0.3 is 0 Å². The van der Waals surface area contributed by atoms with Gasteiger partial charge in [0.1, 0.15) is 17.3 Å². The molecule has 2 heterocycles. The van der Waals surface area contributed by atoms with Gasteiger partial charge in [0.05, 0.1) is 11.9 Å². The summed E-state index contributed by atoms with van der Waals surface area (Å²) in [5, 5.41) is 8.32. The number of allylic oxidation sites excluding steroid dienone is 2. The Balaban J connectivity index is 1.80. The predicted octanol–water partition coefficient (Wildman–Crippen LogP) is 3.04. The lowest BCUT2D eigenvalue weighted by Crippen LogP contribution is -2.47. The minimum atomic E-state index is -0.331. The highest BCUT2D eigenvalue weighted by Gasteiger charge is 2.23. The zero-order chi connectivity index (χ0) is 20.3. The number of hydrogen-bond acceptors (Lipinski definition) is 4. The topological polar surface area (TPSA) is 76.1 Å². The van der Waals surface area contributed by atoms with Crippen LogP contribution in [-0.4, -0.2) is 64.6 Å². The summed E-state index contributed by atoms with van der Waals surface area (Å²) in [4.78, 5) is 24.3. The van der Waals surface area contributed by atoms with Crippen molar-refractivity contribution in [3.8, 4) is 0 Å². The number of hydrogen-bond donors (Lipinski definition) is 2. The smallest absolute Gasteiger partial charge is 0.272 e. The third kappa shape index (κ3) is 4.54. The molecule has 6 nitrogen and oxygen atoms in total. The van der Waals surface area contributed by atoms with E-state index in [4.69, 9.17) is 5.41 Å². The van der Waals surface area contributed by atoms with Gasteiger partial charge in [-0.25, -0.2) is 9.37 Å². The van der Waals surface area contributed by atoms with Gasteiger partial charge in [0.2, 0.25) is 0 Å². The molecule has 0 bridgehead atoms. The molecule has 1 aromatic carbocycles. The van der Waals surface area contributed by atoms with Gasteiger partial charge in [0.15, 0.2) is 0 Å². The molecule has 1 aliphatic rings. The van der Waals surface area contributed by atoms with Crippen LogP contribution in [0.25, 0.3) is 5.57 Å². The number of nitrogens with one attached hydrogen (secondary N) is 2. The number of benzene rings is 1. The second kappa shape index (κ2) is 8.48. The molecule has 2 N–H and O–H groups in total. The highest BCUT2D eigenvalue weighted by Crippen LogP contribution is 2.22. The van der Waals surface area contributed by atoms with Crippen molar-refractivity contribution in [3.05, 3.63) is 59.4 Å². The van der Waals surface area contributed by atoms with Gasteiger partial charge < -0.3 is 20.2 Å². The van der Waals surface area contributed by atoms with Gasteiger partial charge in [-0.05, 0) is 54.4 Å². The first kappa shape index (κ1) is 19.9. The van der Waals surface area contributed by atoms with E-state index in [0.29, 0.717) is 30.2 Å². The van der Waals surface area contributed by atoms with E-state index in [0.717, 1.165) is 18.7 Å². The largest absolute Gasteiger partial charge is 0.335 e. The number of imidazole rings is 1. The van der Waals surface area contributed by atoms with E-state index in [1.165, 1.54) is 12.1 Å². The number of halogens is 1. The molecular weight excluding hydrogens is 357 g/mol. The van der Waals surface area contributed by atoms with E-state index in [1.54, 1.807) is 24.4 Å². The van der Waals surface area contributed by atoms with Crippen LogP contribution in [-0.2, 0) is 0 Å². The minimum Gasteiger partial charge on any atom is -0.335 e. The quantitative estimate of drug-likeness (QED) is 0.779. The minimum absolute atomic E-state index is 0.0523. The number of H-pyrrole nitrogens is 1. The number of rotatable bonds is 5. The maximum absolute atomic E-state index is 13.1. The van der Waals surface area contributed by atoms with E-state index in [-0.39, 0.29) is 23.4 Å². The Kier molecular flexibility index (Phi) is 6.04. The first-order chi connectivity index (χ1) is 13.3. The van der Waals surface area contributed by atoms with Crippen molar-refractivity contribution < 1.29 is 9.18 Å². The molecule has 1 aliphatic heterocycles. The van der Waals surface area contributed by atoms with Gasteiger partial charge in [-0.1, -0.05) is 13.8 Å². The van der Waals surface area contributed by atoms with Crippen LogP contribution in [0.5, 0.6) is 0 Å². The van der Waals surface area contributed by atoms with Crippen molar-refractivity contribution >= 4 is 17.2 Å². The lowest BCUT2D eigenvalue weighted by atomic mass is 9.98. The molecule has 1 aromatic heterocycles. The van der Waals surface area contributed by atoms with Crippen molar-refractivity contribution in [3.63, 3.8) is 0 Å². The number of piperazine rings is 1. The summed E-state index contributed by atoms with van der Waals surface area (Å²) in [6.45, 7) is 7.14. The lowest BCUT2D eigenvalue weighted by molar-refractivity contribution is 0.0658. The molecule has 28 heavy (non-hydrogen) atoms. The number of likely N-dealkylation sites (N-methyl/N-ethyl adjacent to an activating group) is 1. The van der Waals surface area contributed by atoms with Crippen LogP contribution in [0.15, 0.2) is 36.5 Å². The second-order valence-electron chi connectivity index (χ2n) is 7.42. The van der Waals surface area contributed by atoms with Crippen LogP contribution < -0.4 is 0 Å². The molecule has 0 spiro atoms. The predicted molar refractivity (Wildman–Crippen MR) is 108 cm³/mol. The van der Waals surface area contributed by atoms with Gasteiger partial charge in [0, 0.05) is 26.2 Å². The monoisotopic (exact) mass is 383 g/mol. The Morgan fingerprint density at radius 1 is 1.21 bits per heavy atom. The Bertz CT molecular complexity index is 876. The summed E-state index contributed by atoms with van der Waals surface area (Å²) in [5.41, 5.74) is 2.18. The summed E-state index contributed by atoms with van der Waals surface area (Å²) < 4.78 is 13.1. The number of carbonyl (C=O) groups excluding carboxylic acids is 1. The second-order valence-corrected chi connectivity index (χ2v) is 7.42. The molecule has 2 aromatic rings. The van der Waals surface area contributed by atoms with E-state index in [1.807, 2.05) is 25.8 Å². The van der Waals surface area contributed by atoms with Crippen molar-refractivity contribution in [2.45, 2.75) is 13.8 Å². The van der Waals surface area contributed by atoms with E-state index in [9.17, 15) is 9.18 Å². The fourth-order valence-electron chi connectivity index (χ4n) is 3.13. The maximum atomic E-state index is 13.1. The average Bonchev–Trinajstić information content (AvgIpc) is 3.16. The van der Waals surface area contributed by atoms with E-state index >= 15 is 0 Å². The zero-order valence-electron chi connectivity index (χ0n) is 16.5. The summed E-state index contributed by atoms with van der Waals surface area (Å²) in [7, 11) is 2.05. The number of carbonyl (C=O) groups is 1. The number of aromatic amines is 1. The highest BCUT2D eigenvalue weighted by atomic mass is 19.1. The summed E-state index contributed by atoms with van der Waals surface area (Å²) >= 11 is 0. The number of nitrogens with zero attached hydrogens (tertiary/aromatic N) is 3. The zero-order valence-corrected chi connectivity index (χ0v) is 16.5. The Morgan fingerprint density at radius 3 is 2.46 bits per heavy atom. The molecule has 0 radical (unpaired) electrons. The summed E-state index contributed by atoms with van der Waals surface area (Å²) in [6.07, 6.45) is 3.29. The molecular formula is C21H26FN5O. The molecule has 148 valence electrons. The number of amides is 1. The average molecular weight is 383 g/mol. The normalized spacial score (nSPS) is 15.9. The van der Waals surface area contributed by atoms with Gasteiger partial charge in [-0.2, -0.15) is 0 Å². The van der Waals surface area contributed by atoms with Crippen LogP contribution in [0.1, 0.15) is 35.7 Å². The first-order valence-corrected chi connectivity index (χ1v) is 9.44. The van der Waals surface area contributed by atoms with Crippen LogP contribution >= 0.6 is 0 Å². The molecule has 0 aliphatic carbocycles. The van der Waals surface area contributed by atoms with Crippen molar-refractivity contribution in [1.82, 2.24) is 19.8 Å². The number of aromatic nitrogens is 2.